The molecule has 3 heteroatoms. The van der Waals surface area contributed by atoms with Crippen LogP contribution in [0.1, 0.15) is 25.0 Å². The lowest BCUT2D eigenvalue weighted by Gasteiger charge is -2.12. The fraction of sp³-hybridized carbons (Fsp3) is 0.538. The molecule has 0 heterocycles. The van der Waals surface area contributed by atoms with Crippen LogP contribution in [-0.2, 0) is 0 Å². The van der Waals surface area contributed by atoms with Gasteiger partial charge in [0.1, 0.15) is 0 Å². The third-order valence-corrected chi connectivity index (χ3v) is 3.75. The lowest BCUT2D eigenvalue weighted by atomic mass is 10.1. The van der Waals surface area contributed by atoms with Crippen molar-refractivity contribution < 1.29 is 5.11 Å². The third-order valence-electron chi connectivity index (χ3n) is 3.25. The highest BCUT2D eigenvalue weighted by atomic mass is 79.9. The maximum Gasteiger partial charge on any atom is 0.0914 e. The monoisotopic (exact) mass is 283 g/mol. The molecule has 2 rings (SSSR count). The molecule has 1 aliphatic rings. The van der Waals surface area contributed by atoms with E-state index in [9.17, 15) is 5.11 Å². The molecule has 88 valence electrons. The van der Waals surface area contributed by atoms with Gasteiger partial charge in [-0.3, -0.25) is 0 Å². The van der Waals surface area contributed by atoms with Crippen LogP contribution in [0.25, 0.3) is 0 Å². The number of rotatable bonds is 5. The Morgan fingerprint density at radius 3 is 2.94 bits per heavy atom. The van der Waals surface area contributed by atoms with Gasteiger partial charge in [-0.1, -0.05) is 35.0 Å². The van der Waals surface area contributed by atoms with Crippen LogP contribution in [0.5, 0.6) is 0 Å². The highest BCUT2D eigenvalue weighted by Crippen LogP contribution is 2.36. The van der Waals surface area contributed by atoms with Crippen LogP contribution in [0.3, 0.4) is 0 Å². The number of hydrogen-bond donors (Lipinski definition) is 2. The summed E-state index contributed by atoms with van der Waals surface area (Å²) in [6.07, 6.45) is 0.923. The number of aliphatic hydroxyl groups is 1. The van der Waals surface area contributed by atoms with E-state index in [0.29, 0.717) is 6.54 Å². The maximum absolute atomic E-state index is 9.96. The molecule has 1 saturated carbocycles. The molecule has 1 aromatic rings. The largest absolute Gasteiger partial charge is 0.387 e. The van der Waals surface area contributed by atoms with Crippen molar-refractivity contribution in [3.05, 3.63) is 34.3 Å². The van der Waals surface area contributed by atoms with Crippen molar-refractivity contribution in [2.24, 2.45) is 11.8 Å². The van der Waals surface area contributed by atoms with Gasteiger partial charge in [-0.25, -0.2) is 0 Å². The average molecular weight is 284 g/mol. The minimum Gasteiger partial charge on any atom is -0.387 e. The summed E-state index contributed by atoms with van der Waals surface area (Å²) < 4.78 is 1.01. The van der Waals surface area contributed by atoms with Crippen LogP contribution in [0, 0.1) is 11.8 Å². The van der Waals surface area contributed by atoms with Crippen molar-refractivity contribution in [2.75, 3.05) is 13.1 Å². The molecule has 2 nitrogen and oxygen atoms in total. The molecule has 0 aromatic heterocycles. The highest BCUT2D eigenvalue weighted by Gasteiger charge is 2.31. The summed E-state index contributed by atoms with van der Waals surface area (Å²) in [6.45, 7) is 3.95. The van der Waals surface area contributed by atoms with Crippen LogP contribution in [-0.4, -0.2) is 18.2 Å². The molecule has 0 spiro atoms. The summed E-state index contributed by atoms with van der Waals surface area (Å²) in [5.41, 5.74) is 0.964. The first-order valence-electron chi connectivity index (χ1n) is 5.81. The predicted molar refractivity (Wildman–Crippen MR) is 69.2 cm³/mol. The zero-order valence-corrected chi connectivity index (χ0v) is 11.1. The molecule has 3 atom stereocenters. The minimum absolute atomic E-state index is 0.411. The Labute approximate surface area is 105 Å². The van der Waals surface area contributed by atoms with Crippen LogP contribution >= 0.6 is 15.9 Å². The predicted octanol–water partition coefficient (Wildman–Crippen LogP) is 2.73. The molecular weight excluding hydrogens is 266 g/mol. The molecule has 0 saturated heterocycles. The molecule has 1 aliphatic carbocycles. The van der Waals surface area contributed by atoms with E-state index in [2.05, 4.69) is 28.2 Å². The standard InChI is InChI=1S/C13H18BrNO/c1-9-5-11(9)7-15-8-13(16)10-3-2-4-12(14)6-10/h2-4,6,9,11,13,15-16H,5,7-8H2,1H3. The Bertz CT molecular complexity index is 356. The fourth-order valence-corrected chi connectivity index (χ4v) is 2.34. The van der Waals surface area contributed by atoms with Gasteiger partial charge in [-0.15, -0.1) is 0 Å². The average Bonchev–Trinajstić information content (AvgIpc) is 2.94. The summed E-state index contributed by atoms with van der Waals surface area (Å²) in [4.78, 5) is 0. The molecule has 1 aromatic carbocycles. The van der Waals surface area contributed by atoms with Crippen molar-refractivity contribution >= 4 is 15.9 Å². The van der Waals surface area contributed by atoms with Crippen LogP contribution in [0.15, 0.2) is 28.7 Å². The van der Waals surface area contributed by atoms with Crippen molar-refractivity contribution in [1.82, 2.24) is 5.32 Å². The Morgan fingerprint density at radius 1 is 1.56 bits per heavy atom. The Balaban J connectivity index is 1.76. The second kappa shape index (κ2) is 5.30. The smallest absolute Gasteiger partial charge is 0.0914 e. The van der Waals surface area contributed by atoms with Crippen LogP contribution < -0.4 is 5.32 Å². The normalized spacial score (nSPS) is 25.4. The first kappa shape index (κ1) is 12.1. The van der Waals surface area contributed by atoms with Gasteiger partial charge in [0.25, 0.3) is 0 Å². The zero-order valence-electron chi connectivity index (χ0n) is 9.49. The molecular formula is C13H18BrNO. The second-order valence-corrected chi connectivity index (χ2v) is 5.62. The van der Waals surface area contributed by atoms with Gasteiger partial charge in [-0.2, -0.15) is 0 Å². The van der Waals surface area contributed by atoms with E-state index in [-0.39, 0.29) is 0 Å². The number of hydrogen-bond acceptors (Lipinski definition) is 2. The zero-order chi connectivity index (χ0) is 11.5. The van der Waals surface area contributed by atoms with E-state index in [1.54, 1.807) is 0 Å². The maximum atomic E-state index is 9.96. The Morgan fingerprint density at radius 2 is 2.31 bits per heavy atom. The van der Waals surface area contributed by atoms with Crippen molar-refractivity contribution in [3.8, 4) is 0 Å². The van der Waals surface area contributed by atoms with Crippen LogP contribution in [0.4, 0.5) is 0 Å². The molecule has 0 amide bonds. The van der Waals surface area contributed by atoms with E-state index < -0.39 is 6.10 Å². The van der Waals surface area contributed by atoms with E-state index in [0.717, 1.165) is 28.4 Å². The SMILES string of the molecule is CC1CC1CNCC(O)c1cccc(Br)c1. The van der Waals surface area contributed by atoms with E-state index in [1.807, 2.05) is 24.3 Å². The lowest BCUT2D eigenvalue weighted by Crippen LogP contribution is -2.23. The minimum atomic E-state index is -0.411. The quantitative estimate of drug-likeness (QED) is 0.871. The fourth-order valence-electron chi connectivity index (χ4n) is 1.92. The first-order valence-corrected chi connectivity index (χ1v) is 6.60. The second-order valence-electron chi connectivity index (χ2n) is 4.70. The van der Waals surface area contributed by atoms with Crippen molar-refractivity contribution in [1.29, 1.82) is 0 Å². The highest BCUT2D eigenvalue weighted by molar-refractivity contribution is 9.10. The summed E-state index contributed by atoms with van der Waals surface area (Å²) in [6, 6.07) is 7.84. The molecule has 0 radical (unpaired) electrons. The Kier molecular flexibility index (Phi) is 4.00. The molecule has 1 fully saturated rings. The number of benzene rings is 1. The number of aliphatic hydroxyl groups excluding tert-OH is 1. The van der Waals surface area contributed by atoms with Crippen molar-refractivity contribution in [3.63, 3.8) is 0 Å². The van der Waals surface area contributed by atoms with Gasteiger partial charge < -0.3 is 10.4 Å². The van der Waals surface area contributed by atoms with Gasteiger partial charge in [0.15, 0.2) is 0 Å². The molecule has 3 unspecified atom stereocenters. The first-order chi connectivity index (χ1) is 7.66. The van der Waals surface area contributed by atoms with Crippen molar-refractivity contribution in [2.45, 2.75) is 19.4 Å². The molecule has 2 N–H and O–H groups in total. The van der Waals surface area contributed by atoms with Gasteiger partial charge in [0.05, 0.1) is 6.10 Å². The molecule has 16 heavy (non-hydrogen) atoms. The van der Waals surface area contributed by atoms with E-state index in [4.69, 9.17) is 0 Å². The summed E-state index contributed by atoms with van der Waals surface area (Å²) in [7, 11) is 0. The third kappa shape index (κ3) is 3.30. The van der Waals surface area contributed by atoms with Gasteiger partial charge >= 0.3 is 0 Å². The molecule has 0 aliphatic heterocycles. The van der Waals surface area contributed by atoms with Gasteiger partial charge in [0, 0.05) is 11.0 Å². The topological polar surface area (TPSA) is 32.3 Å². The summed E-state index contributed by atoms with van der Waals surface area (Å²) in [5, 5.41) is 13.3. The lowest BCUT2D eigenvalue weighted by molar-refractivity contribution is 0.174. The number of halogens is 1. The van der Waals surface area contributed by atoms with Crippen LogP contribution in [0.2, 0.25) is 0 Å². The summed E-state index contributed by atoms with van der Waals surface area (Å²) >= 11 is 3.41. The Hall–Kier alpha value is -0.380. The van der Waals surface area contributed by atoms with E-state index in [1.165, 1.54) is 6.42 Å². The van der Waals surface area contributed by atoms with E-state index >= 15 is 0 Å². The number of nitrogens with one attached hydrogen (secondary N) is 1. The van der Waals surface area contributed by atoms with Gasteiger partial charge in [0.2, 0.25) is 0 Å². The van der Waals surface area contributed by atoms with Gasteiger partial charge in [-0.05, 0) is 42.5 Å². The molecule has 0 bridgehead atoms. The summed E-state index contributed by atoms with van der Waals surface area (Å²) in [5.74, 6) is 1.70.